The molecule has 0 saturated carbocycles. The number of methoxy groups -OCH3 is 1. The molecule has 3 aromatic rings. The highest BCUT2D eigenvalue weighted by atomic mass is 79.9. The predicted octanol–water partition coefficient (Wildman–Crippen LogP) is 6.41. The first-order chi connectivity index (χ1) is 19.8. The molecule has 2 aliphatic rings. The average Bonchev–Trinajstić information content (AvgIpc) is 3.38. The Kier molecular flexibility index (Phi) is 8.89. The van der Waals surface area contributed by atoms with Gasteiger partial charge in [0.1, 0.15) is 18.4 Å². The van der Waals surface area contributed by atoms with Gasteiger partial charge in [0.2, 0.25) is 0 Å². The number of imide groups is 1. The van der Waals surface area contributed by atoms with Gasteiger partial charge in [0.25, 0.3) is 0 Å². The summed E-state index contributed by atoms with van der Waals surface area (Å²) in [5, 5.41) is 2.78. The molecule has 2 saturated heterocycles. The van der Waals surface area contributed by atoms with Gasteiger partial charge in [-0.15, -0.1) is 0 Å². The third-order valence-electron chi connectivity index (χ3n) is 8.06. The van der Waals surface area contributed by atoms with Crippen LogP contribution < -0.4 is 10.1 Å². The second-order valence-electron chi connectivity index (χ2n) is 10.4. The minimum Gasteiger partial charge on any atom is -0.496 e. The van der Waals surface area contributed by atoms with Crippen molar-refractivity contribution in [2.75, 3.05) is 39.9 Å². The monoisotopic (exact) mass is 627 g/mol. The Morgan fingerprint density at radius 1 is 1.07 bits per heavy atom. The maximum Gasteiger partial charge on any atom is 0.418 e. The number of hydrogen-bond acceptors (Lipinski definition) is 5. The zero-order chi connectivity index (χ0) is 29.0. The molecule has 2 aliphatic heterocycles. The number of amides is 3. The van der Waals surface area contributed by atoms with E-state index in [2.05, 4.69) is 56.5 Å². The van der Waals surface area contributed by atoms with Crippen LogP contribution in [0.3, 0.4) is 0 Å². The first kappa shape index (κ1) is 29.0. The van der Waals surface area contributed by atoms with E-state index in [9.17, 15) is 18.4 Å². The van der Waals surface area contributed by atoms with Crippen LogP contribution in [-0.2, 0) is 10.2 Å². The fourth-order valence-electron chi connectivity index (χ4n) is 5.88. The number of rotatable bonds is 8. The fraction of sp³-hybridized carbons (Fsp3) is 0.355. The van der Waals surface area contributed by atoms with E-state index in [0.29, 0.717) is 18.5 Å². The standard InChI is InChI=1S/C31H32BrF2N3O4/c1-40-28-11-9-23(32)19-24(28)31(22-6-3-2-4-7-22)12-16-36(17-13-31)15-5-14-35-29(38)37-27(20-41-30(37)39)21-8-10-25(33)26(34)18-21/h2-4,6-11,18-19,27H,5,12-17,20H2,1H3,(H,35,38). The molecule has 2 heterocycles. The molecule has 216 valence electrons. The third kappa shape index (κ3) is 6.08. The first-order valence-electron chi connectivity index (χ1n) is 13.6. The number of halogens is 3. The number of hydrogen-bond donors (Lipinski definition) is 1. The lowest BCUT2D eigenvalue weighted by atomic mass is 9.67. The Hall–Kier alpha value is -3.50. The molecule has 1 atom stereocenters. The van der Waals surface area contributed by atoms with Gasteiger partial charge in [0.15, 0.2) is 11.6 Å². The number of likely N-dealkylation sites (tertiary alicyclic amines) is 1. The van der Waals surface area contributed by atoms with Crippen LogP contribution in [0.25, 0.3) is 0 Å². The summed E-state index contributed by atoms with van der Waals surface area (Å²) in [5.41, 5.74) is 2.53. The van der Waals surface area contributed by atoms with Gasteiger partial charge >= 0.3 is 12.1 Å². The molecule has 0 radical (unpaired) electrons. The second-order valence-corrected chi connectivity index (χ2v) is 11.3. The molecule has 0 aliphatic carbocycles. The summed E-state index contributed by atoms with van der Waals surface area (Å²) in [7, 11) is 1.71. The molecular formula is C31H32BrF2N3O4. The SMILES string of the molecule is COc1ccc(Br)cc1C1(c2ccccc2)CCN(CCCNC(=O)N2C(=O)OCC2c2ccc(F)c(F)c2)CC1. The van der Waals surface area contributed by atoms with E-state index >= 15 is 0 Å². The van der Waals surface area contributed by atoms with Gasteiger partial charge in [-0.3, -0.25) is 0 Å². The van der Waals surface area contributed by atoms with Crippen LogP contribution in [0.4, 0.5) is 18.4 Å². The van der Waals surface area contributed by atoms with E-state index in [0.717, 1.165) is 59.7 Å². The Balaban J connectivity index is 1.18. The minimum absolute atomic E-state index is 0.114. The van der Waals surface area contributed by atoms with Crippen molar-refractivity contribution in [2.45, 2.75) is 30.7 Å². The van der Waals surface area contributed by atoms with E-state index in [1.807, 2.05) is 18.2 Å². The summed E-state index contributed by atoms with van der Waals surface area (Å²) in [5.74, 6) is -1.17. The Morgan fingerprint density at radius 2 is 1.83 bits per heavy atom. The smallest absolute Gasteiger partial charge is 0.418 e. The molecule has 0 bridgehead atoms. The lowest BCUT2D eigenvalue weighted by molar-refractivity contribution is 0.157. The molecule has 41 heavy (non-hydrogen) atoms. The van der Waals surface area contributed by atoms with Gasteiger partial charge in [-0.05, 0) is 80.4 Å². The Morgan fingerprint density at radius 3 is 2.54 bits per heavy atom. The van der Waals surface area contributed by atoms with E-state index in [1.54, 1.807) is 7.11 Å². The van der Waals surface area contributed by atoms with Gasteiger partial charge < -0.3 is 19.7 Å². The van der Waals surface area contributed by atoms with Crippen LogP contribution in [0.15, 0.2) is 71.2 Å². The van der Waals surface area contributed by atoms with E-state index in [-0.39, 0.29) is 12.0 Å². The highest BCUT2D eigenvalue weighted by Gasteiger charge is 2.41. The van der Waals surface area contributed by atoms with Crippen molar-refractivity contribution in [2.24, 2.45) is 0 Å². The molecule has 1 unspecified atom stereocenters. The molecule has 10 heteroatoms. The maximum atomic E-state index is 13.7. The van der Waals surface area contributed by atoms with Crippen molar-refractivity contribution < 1.29 is 27.8 Å². The maximum absolute atomic E-state index is 13.7. The summed E-state index contributed by atoms with van der Waals surface area (Å²) in [4.78, 5) is 28.4. The topological polar surface area (TPSA) is 71.1 Å². The third-order valence-corrected chi connectivity index (χ3v) is 8.55. The van der Waals surface area contributed by atoms with Crippen LogP contribution in [0, 0.1) is 11.6 Å². The average molecular weight is 629 g/mol. The summed E-state index contributed by atoms with van der Waals surface area (Å²) in [6.07, 6.45) is 1.69. The molecule has 0 aromatic heterocycles. The molecular weight excluding hydrogens is 596 g/mol. The van der Waals surface area contributed by atoms with Gasteiger partial charge in [-0.1, -0.05) is 52.3 Å². The van der Waals surface area contributed by atoms with Gasteiger partial charge in [-0.25, -0.2) is 23.3 Å². The highest BCUT2D eigenvalue weighted by Crippen LogP contribution is 2.46. The largest absolute Gasteiger partial charge is 0.496 e. The van der Waals surface area contributed by atoms with Crippen LogP contribution in [0.2, 0.25) is 0 Å². The molecule has 1 N–H and O–H groups in total. The summed E-state index contributed by atoms with van der Waals surface area (Å²) < 4.78 is 38.9. The van der Waals surface area contributed by atoms with Crippen molar-refractivity contribution in [1.29, 1.82) is 0 Å². The van der Waals surface area contributed by atoms with E-state index < -0.39 is 29.8 Å². The predicted molar refractivity (Wildman–Crippen MR) is 154 cm³/mol. The number of carbonyl (C=O) groups excluding carboxylic acids is 2. The minimum atomic E-state index is -1.04. The number of carbonyl (C=O) groups is 2. The van der Waals surface area contributed by atoms with E-state index in [1.165, 1.54) is 17.2 Å². The van der Waals surface area contributed by atoms with Gasteiger partial charge in [-0.2, -0.15) is 0 Å². The van der Waals surface area contributed by atoms with Gasteiger partial charge in [0, 0.05) is 22.0 Å². The number of benzene rings is 3. The number of nitrogens with zero attached hydrogens (tertiary/aromatic N) is 2. The quantitative estimate of drug-likeness (QED) is 0.292. The molecule has 5 rings (SSSR count). The van der Waals surface area contributed by atoms with Gasteiger partial charge in [0.05, 0.1) is 7.11 Å². The first-order valence-corrected chi connectivity index (χ1v) is 14.4. The Labute approximate surface area is 246 Å². The van der Waals surface area contributed by atoms with Crippen molar-refractivity contribution in [3.8, 4) is 5.75 Å². The number of nitrogens with one attached hydrogen (secondary N) is 1. The zero-order valence-electron chi connectivity index (χ0n) is 22.7. The Bertz CT molecular complexity index is 1400. The molecule has 2 fully saturated rings. The van der Waals surface area contributed by atoms with E-state index in [4.69, 9.17) is 9.47 Å². The molecule has 7 nitrogen and oxygen atoms in total. The van der Waals surface area contributed by atoms with Crippen LogP contribution in [0.1, 0.15) is 42.0 Å². The zero-order valence-corrected chi connectivity index (χ0v) is 24.3. The summed E-state index contributed by atoms with van der Waals surface area (Å²) in [6.45, 7) is 2.76. The molecule has 0 spiro atoms. The lowest BCUT2D eigenvalue weighted by Gasteiger charge is -2.43. The lowest BCUT2D eigenvalue weighted by Crippen LogP contribution is -2.45. The molecule has 3 aromatic carbocycles. The van der Waals surface area contributed by atoms with Crippen molar-refractivity contribution >= 4 is 28.1 Å². The summed E-state index contributed by atoms with van der Waals surface area (Å²) >= 11 is 3.64. The van der Waals surface area contributed by atoms with Crippen LogP contribution in [0.5, 0.6) is 5.75 Å². The van der Waals surface area contributed by atoms with Crippen molar-refractivity contribution in [3.63, 3.8) is 0 Å². The normalized spacial score (nSPS) is 18.7. The number of piperidine rings is 1. The fourth-order valence-corrected chi connectivity index (χ4v) is 6.24. The number of ether oxygens (including phenoxy) is 2. The number of urea groups is 1. The molecule has 3 amide bonds. The number of cyclic esters (lactones) is 1. The van der Waals surface area contributed by atoms with Crippen LogP contribution in [-0.4, -0.2) is 61.8 Å². The summed E-state index contributed by atoms with van der Waals surface area (Å²) in [6, 6.07) is 18.6. The van der Waals surface area contributed by atoms with Crippen molar-refractivity contribution in [1.82, 2.24) is 15.1 Å². The van der Waals surface area contributed by atoms with Crippen LogP contribution >= 0.6 is 15.9 Å². The highest BCUT2D eigenvalue weighted by molar-refractivity contribution is 9.10. The van der Waals surface area contributed by atoms with Crippen molar-refractivity contribution in [3.05, 3.63) is 99.5 Å². The second kappa shape index (κ2) is 12.6.